The molecule has 1 aliphatic rings. The summed E-state index contributed by atoms with van der Waals surface area (Å²) in [5.41, 5.74) is 1.51. The Hall–Kier alpha value is -3.14. The largest absolute Gasteiger partial charge is 0.483 e. The Bertz CT molecular complexity index is 1330. The van der Waals surface area contributed by atoms with Gasteiger partial charge in [-0.05, 0) is 81.8 Å². The van der Waals surface area contributed by atoms with Gasteiger partial charge in [0.15, 0.2) is 6.61 Å². The number of rotatable bonds is 7. The molecule has 0 radical (unpaired) electrons. The quantitative estimate of drug-likeness (QED) is 0.326. The van der Waals surface area contributed by atoms with Crippen molar-refractivity contribution in [1.82, 2.24) is 4.90 Å². The Kier molecular flexibility index (Phi) is 7.90. The molecule has 0 bridgehead atoms. The summed E-state index contributed by atoms with van der Waals surface area (Å²) in [6.07, 6.45) is 1.58. The van der Waals surface area contributed by atoms with E-state index in [1.54, 1.807) is 60.7 Å². The number of hydrogen-bond donors (Lipinski definition) is 1. The lowest BCUT2D eigenvalue weighted by atomic mass is 10.2. The number of imide groups is 1. The van der Waals surface area contributed by atoms with Crippen LogP contribution < -0.4 is 10.1 Å². The van der Waals surface area contributed by atoms with E-state index in [0.717, 1.165) is 16.7 Å². The lowest BCUT2D eigenvalue weighted by molar-refractivity contribution is -0.123. The average molecular weight is 576 g/mol. The second-order valence-corrected chi connectivity index (χ2v) is 9.68. The second kappa shape index (κ2) is 11.1. The molecule has 1 fully saturated rings. The highest BCUT2D eigenvalue weighted by molar-refractivity contribution is 9.10. The van der Waals surface area contributed by atoms with Gasteiger partial charge in [0.2, 0.25) is 0 Å². The van der Waals surface area contributed by atoms with E-state index in [4.69, 9.17) is 16.3 Å². The van der Waals surface area contributed by atoms with Gasteiger partial charge in [-0.25, -0.2) is 4.39 Å². The second-order valence-electron chi connectivity index (χ2n) is 7.39. The van der Waals surface area contributed by atoms with Gasteiger partial charge in [0.25, 0.3) is 17.1 Å². The number of benzene rings is 3. The van der Waals surface area contributed by atoms with Crippen LogP contribution in [0.25, 0.3) is 6.08 Å². The summed E-state index contributed by atoms with van der Waals surface area (Å²) in [7, 11) is 0. The third kappa shape index (κ3) is 6.30. The molecule has 0 atom stereocenters. The number of anilines is 1. The van der Waals surface area contributed by atoms with Crippen molar-refractivity contribution in [3.63, 3.8) is 0 Å². The van der Waals surface area contributed by atoms with Crippen LogP contribution in [-0.2, 0) is 16.1 Å². The topological polar surface area (TPSA) is 75.7 Å². The Morgan fingerprint density at radius 2 is 1.86 bits per heavy atom. The summed E-state index contributed by atoms with van der Waals surface area (Å²) in [5.74, 6) is -0.872. The first kappa shape index (κ1) is 25.0. The minimum absolute atomic E-state index is 0.136. The summed E-state index contributed by atoms with van der Waals surface area (Å²) in [5, 5.41) is 2.81. The van der Waals surface area contributed by atoms with Gasteiger partial charge in [-0.2, -0.15) is 0 Å². The molecule has 0 aromatic heterocycles. The van der Waals surface area contributed by atoms with Crippen LogP contribution in [-0.4, -0.2) is 28.6 Å². The van der Waals surface area contributed by atoms with Gasteiger partial charge in [0, 0.05) is 16.3 Å². The molecule has 178 valence electrons. The van der Waals surface area contributed by atoms with Crippen LogP contribution >= 0.6 is 39.3 Å². The maximum atomic E-state index is 13.9. The number of nitrogens with zero attached hydrogens (tertiary/aromatic N) is 1. The van der Waals surface area contributed by atoms with Crippen molar-refractivity contribution in [2.45, 2.75) is 6.54 Å². The molecule has 3 aromatic carbocycles. The Labute approximate surface area is 218 Å². The summed E-state index contributed by atoms with van der Waals surface area (Å²) in [4.78, 5) is 38.5. The lowest BCUT2D eigenvalue weighted by Gasteiger charge is -2.12. The normalized spacial score (nSPS) is 14.5. The molecule has 6 nitrogen and oxygen atoms in total. The SMILES string of the molecule is O=C(COc1ccc(/C=C2\SC(=O)N(Cc3ccccc3F)C2=O)cc1Br)Nc1ccc(Cl)cc1. The standard InChI is InChI=1S/C25H17BrClFN2O4S/c26-19-11-15(5-10-21(19)34-14-23(31)29-18-8-6-17(27)7-9-18)12-22-24(32)30(25(33)35-22)13-16-3-1-2-4-20(16)28/h1-12H,13-14H2,(H,29,31)/b22-12-. The first-order valence-corrected chi connectivity index (χ1v) is 12.3. The molecule has 1 aliphatic heterocycles. The summed E-state index contributed by atoms with van der Waals surface area (Å²) in [6.45, 7) is -0.348. The number of hydrogen-bond acceptors (Lipinski definition) is 5. The van der Waals surface area contributed by atoms with Gasteiger partial charge in [-0.15, -0.1) is 0 Å². The van der Waals surface area contributed by atoms with Crippen molar-refractivity contribution in [3.05, 3.63) is 98.1 Å². The maximum absolute atomic E-state index is 13.9. The highest BCUT2D eigenvalue weighted by atomic mass is 79.9. The van der Waals surface area contributed by atoms with Crippen LogP contribution in [0.3, 0.4) is 0 Å². The predicted octanol–water partition coefficient (Wildman–Crippen LogP) is 6.50. The minimum Gasteiger partial charge on any atom is -0.483 e. The van der Waals surface area contributed by atoms with E-state index in [1.807, 2.05) is 0 Å². The van der Waals surface area contributed by atoms with E-state index in [9.17, 15) is 18.8 Å². The molecule has 1 N–H and O–H groups in total. The van der Waals surface area contributed by atoms with E-state index in [0.29, 0.717) is 26.5 Å². The average Bonchev–Trinajstić information content (AvgIpc) is 3.08. The molecular formula is C25H17BrClFN2O4S. The van der Waals surface area contributed by atoms with Crippen LogP contribution in [0, 0.1) is 5.82 Å². The van der Waals surface area contributed by atoms with Crippen molar-refractivity contribution in [2.24, 2.45) is 0 Å². The summed E-state index contributed by atoms with van der Waals surface area (Å²) < 4.78 is 20.1. The molecule has 1 saturated heterocycles. The zero-order chi connectivity index (χ0) is 24.9. The third-order valence-corrected chi connectivity index (χ3v) is 6.68. The van der Waals surface area contributed by atoms with Crippen LogP contribution in [0.4, 0.5) is 14.9 Å². The van der Waals surface area contributed by atoms with Crippen LogP contribution in [0.5, 0.6) is 5.75 Å². The minimum atomic E-state index is -0.487. The zero-order valence-electron chi connectivity index (χ0n) is 18.0. The molecule has 0 saturated carbocycles. The number of carbonyl (C=O) groups is 3. The number of nitrogens with one attached hydrogen (secondary N) is 1. The monoisotopic (exact) mass is 574 g/mol. The van der Waals surface area contributed by atoms with Gasteiger partial charge < -0.3 is 10.1 Å². The molecule has 0 spiro atoms. The maximum Gasteiger partial charge on any atom is 0.293 e. The van der Waals surface area contributed by atoms with Crippen LogP contribution in [0.15, 0.2) is 76.1 Å². The molecule has 4 rings (SSSR count). The van der Waals surface area contributed by atoms with Gasteiger partial charge in [0.1, 0.15) is 11.6 Å². The van der Waals surface area contributed by atoms with Crippen LogP contribution in [0.2, 0.25) is 5.02 Å². The summed E-state index contributed by atoms with van der Waals surface area (Å²) >= 11 is 10.0. The Morgan fingerprint density at radius 3 is 2.57 bits per heavy atom. The first-order valence-electron chi connectivity index (χ1n) is 10.3. The van der Waals surface area contributed by atoms with E-state index in [2.05, 4.69) is 21.2 Å². The van der Waals surface area contributed by atoms with Crippen molar-refractivity contribution in [3.8, 4) is 5.75 Å². The van der Waals surface area contributed by atoms with Gasteiger partial charge >= 0.3 is 0 Å². The lowest BCUT2D eigenvalue weighted by Crippen LogP contribution is -2.27. The van der Waals surface area contributed by atoms with E-state index >= 15 is 0 Å². The predicted molar refractivity (Wildman–Crippen MR) is 138 cm³/mol. The van der Waals surface area contributed by atoms with Crippen LogP contribution in [0.1, 0.15) is 11.1 Å². The fourth-order valence-corrected chi connectivity index (χ4v) is 4.66. The molecule has 10 heteroatoms. The van der Waals surface area contributed by atoms with Gasteiger partial charge in [-0.3, -0.25) is 19.3 Å². The number of halogens is 3. The fourth-order valence-electron chi connectivity index (χ4n) is 3.18. The first-order chi connectivity index (χ1) is 16.8. The molecule has 0 aliphatic carbocycles. The summed E-state index contributed by atoms with van der Waals surface area (Å²) in [6, 6.07) is 17.8. The van der Waals surface area contributed by atoms with Crippen molar-refractivity contribution in [1.29, 1.82) is 0 Å². The van der Waals surface area contributed by atoms with Crippen molar-refractivity contribution >= 4 is 68.1 Å². The Morgan fingerprint density at radius 1 is 1.11 bits per heavy atom. The fraction of sp³-hybridized carbons (Fsp3) is 0.0800. The highest BCUT2D eigenvalue weighted by Crippen LogP contribution is 2.35. The molecular weight excluding hydrogens is 559 g/mol. The number of thioether (sulfide) groups is 1. The van der Waals surface area contributed by atoms with Crippen molar-refractivity contribution < 1.29 is 23.5 Å². The highest BCUT2D eigenvalue weighted by Gasteiger charge is 2.35. The smallest absolute Gasteiger partial charge is 0.293 e. The van der Waals surface area contributed by atoms with E-state index in [-0.39, 0.29) is 29.5 Å². The third-order valence-electron chi connectivity index (χ3n) is 4.90. The van der Waals surface area contributed by atoms with E-state index in [1.165, 1.54) is 12.1 Å². The number of amides is 3. The molecule has 35 heavy (non-hydrogen) atoms. The number of ether oxygens (including phenoxy) is 1. The Balaban J connectivity index is 1.39. The zero-order valence-corrected chi connectivity index (χ0v) is 21.1. The molecule has 0 unspecified atom stereocenters. The molecule has 3 amide bonds. The molecule has 1 heterocycles. The van der Waals surface area contributed by atoms with Gasteiger partial charge in [0.05, 0.1) is 15.9 Å². The number of carbonyl (C=O) groups excluding carboxylic acids is 3. The van der Waals surface area contributed by atoms with Gasteiger partial charge in [-0.1, -0.05) is 35.9 Å². The van der Waals surface area contributed by atoms with Crippen molar-refractivity contribution in [2.75, 3.05) is 11.9 Å². The van der Waals surface area contributed by atoms with E-state index < -0.39 is 17.0 Å². The molecule has 3 aromatic rings.